The second kappa shape index (κ2) is 7.20. The van der Waals surface area contributed by atoms with Crippen molar-refractivity contribution in [1.29, 1.82) is 0 Å². The Kier molecular flexibility index (Phi) is 5.56. The molecule has 0 aliphatic heterocycles. The van der Waals surface area contributed by atoms with E-state index in [1.54, 1.807) is 7.11 Å². The van der Waals surface area contributed by atoms with E-state index in [9.17, 15) is 4.79 Å². The number of halogens is 2. The van der Waals surface area contributed by atoms with Crippen molar-refractivity contribution in [3.63, 3.8) is 0 Å². The molecule has 0 saturated carbocycles. The van der Waals surface area contributed by atoms with Gasteiger partial charge in [0.05, 0.1) is 12.2 Å². The van der Waals surface area contributed by atoms with Crippen molar-refractivity contribution in [1.82, 2.24) is 0 Å². The van der Waals surface area contributed by atoms with E-state index in [0.29, 0.717) is 12.2 Å². The smallest absolute Gasteiger partial charge is 0.256 e. The Morgan fingerprint density at radius 1 is 1.19 bits per heavy atom. The second-order valence-electron chi connectivity index (χ2n) is 4.64. The van der Waals surface area contributed by atoms with Crippen LogP contribution < -0.4 is 5.32 Å². The molecule has 21 heavy (non-hydrogen) atoms. The van der Waals surface area contributed by atoms with Gasteiger partial charge in [0.2, 0.25) is 0 Å². The van der Waals surface area contributed by atoms with E-state index in [-0.39, 0.29) is 5.91 Å². The standard InChI is InChI=1S/C16H15Br2NO2/c1-10-6-7-14(18)11(8-10)16(20)19-15-5-3-4-13(17)12(15)9-21-2/h3-8H,9H2,1-2H3,(H,19,20). The van der Waals surface area contributed by atoms with E-state index in [4.69, 9.17) is 4.74 Å². The first-order valence-electron chi connectivity index (χ1n) is 6.36. The van der Waals surface area contributed by atoms with Crippen LogP contribution in [0.1, 0.15) is 21.5 Å². The molecule has 0 fully saturated rings. The summed E-state index contributed by atoms with van der Waals surface area (Å²) >= 11 is 6.89. The third-order valence-electron chi connectivity index (χ3n) is 3.02. The highest BCUT2D eigenvalue weighted by Gasteiger charge is 2.13. The predicted molar refractivity (Wildman–Crippen MR) is 91.7 cm³/mol. The minimum absolute atomic E-state index is 0.152. The molecule has 5 heteroatoms. The van der Waals surface area contributed by atoms with Crippen LogP contribution >= 0.6 is 31.9 Å². The maximum absolute atomic E-state index is 12.5. The molecule has 0 aliphatic rings. The van der Waals surface area contributed by atoms with Crippen molar-refractivity contribution < 1.29 is 9.53 Å². The number of methoxy groups -OCH3 is 1. The number of hydrogen-bond acceptors (Lipinski definition) is 2. The summed E-state index contributed by atoms with van der Waals surface area (Å²) in [6.07, 6.45) is 0. The number of rotatable bonds is 4. The summed E-state index contributed by atoms with van der Waals surface area (Å²) in [4.78, 5) is 12.5. The zero-order valence-corrected chi connectivity index (χ0v) is 14.9. The Labute approximate surface area is 141 Å². The SMILES string of the molecule is COCc1c(Br)cccc1NC(=O)c1cc(C)ccc1Br. The molecular weight excluding hydrogens is 398 g/mol. The molecule has 0 spiro atoms. The maximum atomic E-state index is 12.5. The molecule has 2 aromatic rings. The van der Waals surface area contributed by atoms with Crippen molar-refractivity contribution >= 4 is 43.5 Å². The van der Waals surface area contributed by atoms with Crippen LogP contribution in [0, 0.1) is 6.92 Å². The lowest BCUT2D eigenvalue weighted by molar-refractivity contribution is 0.102. The zero-order chi connectivity index (χ0) is 15.4. The molecule has 110 valence electrons. The number of hydrogen-bond donors (Lipinski definition) is 1. The predicted octanol–water partition coefficient (Wildman–Crippen LogP) is 4.92. The molecule has 2 rings (SSSR count). The second-order valence-corrected chi connectivity index (χ2v) is 6.35. The number of carbonyl (C=O) groups excluding carboxylic acids is 1. The Morgan fingerprint density at radius 3 is 2.67 bits per heavy atom. The lowest BCUT2D eigenvalue weighted by Crippen LogP contribution is -2.14. The third kappa shape index (κ3) is 3.93. The van der Waals surface area contributed by atoms with Gasteiger partial charge in [-0.25, -0.2) is 0 Å². The summed E-state index contributed by atoms with van der Waals surface area (Å²) in [6.45, 7) is 2.38. The number of amides is 1. The summed E-state index contributed by atoms with van der Waals surface area (Å²) in [5, 5.41) is 2.94. The summed E-state index contributed by atoms with van der Waals surface area (Å²) in [5.74, 6) is -0.152. The van der Waals surface area contributed by atoms with Gasteiger partial charge >= 0.3 is 0 Å². The van der Waals surface area contributed by atoms with E-state index in [2.05, 4.69) is 37.2 Å². The molecule has 0 saturated heterocycles. The van der Waals surface area contributed by atoms with Gasteiger partial charge in [0.15, 0.2) is 0 Å². The number of nitrogens with one attached hydrogen (secondary N) is 1. The summed E-state index contributed by atoms with van der Waals surface area (Å²) in [6, 6.07) is 11.3. The summed E-state index contributed by atoms with van der Waals surface area (Å²) in [7, 11) is 1.63. The molecule has 0 bridgehead atoms. The first kappa shape index (κ1) is 16.2. The fourth-order valence-electron chi connectivity index (χ4n) is 1.97. The number of aryl methyl sites for hydroxylation is 1. The van der Waals surface area contributed by atoms with E-state index >= 15 is 0 Å². The van der Waals surface area contributed by atoms with E-state index < -0.39 is 0 Å². The van der Waals surface area contributed by atoms with Gasteiger partial charge in [-0.15, -0.1) is 0 Å². The topological polar surface area (TPSA) is 38.3 Å². The van der Waals surface area contributed by atoms with Crippen molar-refractivity contribution in [3.05, 3.63) is 62.0 Å². The van der Waals surface area contributed by atoms with Crippen molar-refractivity contribution in [2.45, 2.75) is 13.5 Å². The zero-order valence-electron chi connectivity index (χ0n) is 11.7. The van der Waals surface area contributed by atoms with Crippen LogP contribution in [0.3, 0.4) is 0 Å². The van der Waals surface area contributed by atoms with Gasteiger partial charge in [0.25, 0.3) is 5.91 Å². The quantitative estimate of drug-likeness (QED) is 0.773. The van der Waals surface area contributed by atoms with Crippen molar-refractivity contribution in [2.75, 3.05) is 12.4 Å². The van der Waals surface area contributed by atoms with Crippen LogP contribution in [0.2, 0.25) is 0 Å². The first-order chi connectivity index (χ1) is 10.0. The normalized spacial score (nSPS) is 10.5. The lowest BCUT2D eigenvalue weighted by Gasteiger charge is -2.13. The van der Waals surface area contributed by atoms with E-state index in [1.165, 1.54) is 0 Å². The fourth-order valence-corrected chi connectivity index (χ4v) is 2.88. The monoisotopic (exact) mass is 411 g/mol. The number of carbonyl (C=O) groups is 1. The van der Waals surface area contributed by atoms with Gasteiger partial charge in [-0.05, 0) is 47.1 Å². The van der Waals surface area contributed by atoms with Crippen molar-refractivity contribution in [3.8, 4) is 0 Å². The van der Waals surface area contributed by atoms with Crippen LogP contribution in [0.25, 0.3) is 0 Å². The summed E-state index contributed by atoms with van der Waals surface area (Å²) in [5.41, 5.74) is 3.30. The average molecular weight is 413 g/mol. The van der Waals surface area contributed by atoms with Gasteiger partial charge in [-0.3, -0.25) is 4.79 Å². The van der Waals surface area contributed by atoms with Gasteiger partial charge in [-0.1, -0.05) is 33.6 Å². The number of anilines is 1. The number of benzene rings is 2. The molecule has 0 radical (unpaired) electrons. The average Bonchev–Trinajstić information content (AvgIpc) is 2.45. The van der Waals surface area contributed by atoms with Gasteiger partial charge < -0.3 is 10.1 Å². The van der Waals surface area contributed by atoms with E-state index in [1.807, 2.05) is 43.3 Å². The Balaban J connectivity index is 2.31. The molecule has 2 aromatic carbocycles. The van der Waals surface area contributed by atoms with Crippen molar-refractivity contribution in [2.24, 2.45) is 0 Å². The first-order valence-corrected chi connectivity index (χ1v) is 7.95. The minimum Gasteiger partial charge on any atom is -0.380 e. The van der Waals surface area contributed by atoms with E-state index in [0.717, 1.165) is 25.8 Å². The molecule has 0 aromatic heterocycles. The Hall–Kier alpha value is -1.17. The summed E-state index contributed by atoms with van der Waals surface area (Å²) < 4.78 is 6.87. The Morgan fingerprint density at radius 2 is 1.95 bits per heavy atom. The maximum Gasteiger partial charge on any atom is 0.256 e. The van der Waals surface area contributed by atoms with Crippen LogP contribution in [-0.2, 0) is 11.3 Å². The van der Waals surface area contributed by atoms with Gasteiger partial charge in [0, 0.05) is 27.3 Å². The Bertz CT molecular complexity index is 671. The molecule has 0 atom stereocenters. The third-order valence-corrected chi connectivity index (χ3v) is 4.46. The van der Waals surface area contributed by atoms with Crippen LogP contribution in [0.5, 0.6) is 0 Å². The largest absolute Gasteiger partial charge is 0.380 e. The van der Waals surface area contributed by atoms with Gasteiger partial charge in [-0.2, -0.15) is 0 Å². The molecule has 1 N–H and O–H groups in total. The fraction of sp³-hybridized carbons (Fsp3) is 0.188. The lowest BCUT2D eigenvalue weighted by atomic mass is 10.1. The van der Waals surface area contributed by atoms with Gasteiger partial charge in [0.1, 0.15) is 0 Å². The molecule has 0 aliphatic carbocycles. The number of ether oxygens (including phenoxy) is 1. The molecule has 1 amide bonds. The molecular formula is C16H15Br2NO2. The highest BCUT2D eigenvalue weighted by atomic mass is 79.9. The molecule has 0 unspecified atom stereocenters. The highest BCUT2D eigenvalue weighted by molar-refractivity contribution is 9.10. The highest BCUT2D eigenvalue weighted by Crippen LogP contribution is 2.27. The molecule has 0 heterocycles. The molecule has 3 nitrogen and oxygen atoms in total. The minimum atomic E-state index is -0.152. The van der Waals surface area contributed by atoms with Crippen LogP contribution in [0.4, 0.5) is 5.69 Å². The van der Waals surface area contributed by atoms with Crippen LogP contribution in [-0.4, -0.2) is 13.0 Å². The van der Waals surface area contributed by atoms with Crippen LogP contribution in [0.15, 0.2) is 45.3 Å².